The van der Waals surface area contributed by atoms with Crippen LogP contribution < -0.4 is 5.43 Å². The van der Waals surface area contributed by atoms with Crippen molar-refractivity contribution in [2.45, 2.75) is 6.23 Å². The van der Waals surface area contributed by atoms with Crippen LogP contribution in [0.1, 0.15) is 17.4 Å². The molecule has 0 aliphatic carbocycles. The average Bonchev–Trinajstić information content (AvgIpc) is 2.71. The van der Waals surface area contributed by atoms with Crippen LogP contribution in [0.25, 0.3) is 0 Å². The standard InChI is InChI=1S/C9H7N3O/c10-5-7-1-3-8(4-2-7)9-12-11-6-13-9/h1-4,6,9,12H. The molecule has 0 saturated heterocycles. The lowest BCUT2D eigenvalue weighted by Crippen LogP contribution is -2.10. The average molecular weight is 173 g/mol. The van der Waals surface area contributed by atoms with Crippen molar-refractivity contribution in [2.24, 2.45) is 5.10 Å². The van der Waals surface area contributed by atoms with E-state index in [1.54, 1.807) is 12.1 Å². The minimum Gasteiger partial charge on any atom is -0.453 e. The number of nitrogens with zero attached hydrogens (tertiary/aromatic N) is 2. The minimum atomic E-state index is -0.215. The van der Waals surface area contributed by atoms with Crippen molar-refractivity contribution in [3.05, 3.63) is 35.4 Å². The first kappa shape index (κ1) is 7.62. The Balaban J connectivity index is 2.19. The molecule has 0 radical (unpaired) electrons. The van der Waals surface area contributed by atoms with Gasteiger partial charge in [0.2, 0.25) is 6.23 Å². The van der Waals surface area contributed by atoms with E-state index >= 15 is 0 Å². The van der Waals surface area contributed by atoms with Gasteiger partial charge in [0.15, 0.2) is 6.40 Å². The molecule has 13 heavy (non-hydrogen) atoms. The van der Waals surface area contributed by atoms with Gasteiger partial charge in [-0.05, 0) is 12.1 Å². The first-order chi connectivity index (χ1) is 6.40. The third kappa shape index (κ3) is 1.44. The number of hydrogen-bond acceptors (Lipinski definition) is 4. The van der Waals surface area contributed by atoms with E-state index < -0.39 is 0 Å². The first-order valence-electron chi connectivity index (χ1n) is 3.83. The van der Waals surface area contributed by atoms with Crippen molar-refractivity contribution in [2.75, 3.05) is 0 Å². The molecule has 1 unspecified atom stereocenters. The molecule has 1 aliphatic heterocycles. The maximum atomic E-state index is 8.57. The predicted octanol–water partition coefficient (Wildman–Crippen LogP) is 1.12. The highest BCUT2D eigenvalue weighted by Gasteiger charge is 2.13. The van der Waals surface area contributed by atoms with Crippen LogP contribution in [0.15, 0.2) is 29.4 Å². The molecule has 1 aliphatic rings. The van der Waals surface area contributed by atoms with Crippen molar-refractivity contribution in [1.29, 1.82) is 5.26 Å². The largest absolute Gasteiger partial charge is 0.453 e. The molecule has 0 aromatic heterocycles. The van der Waals surface area contributed by atoms with Gasteiger partial charge in [-0.1, -0.05) is 12.1 Å². The number of ether oxygens (including phenoxy) is 1. The zero-order valence-corrected chi connectivity index (χ0v) is 6.77. The third-order valence-electron chi connectivity index (χ3n) is 1.78. The van der Waals surface area contributed by atoms with Crippen LogP contribution in [-0.2, 0) is 4.74 Å². The van der Waals surface area contributed by atoms with E-state index in [2.05, 4.69) is 16.6 Å². The number of nitriles is 1. The Morgan fingerprint density at radius 2 is 2.15 bits per heavy atom. The van der Waals surface area contributed by atoms with Gasteiger partial charge >= 0.3 is 0 Å². The molecular formula is C9H7N3O. The van der Waals surface area contributed by atoms with Gasteiger partial charge < -0.3 is 4.74 Å². The van der Waals surface area contributed by atoms with E-state index in [0.29, 0.717) is 5.56 Å². The molecule has 0 bridgehead atoms. The molecule has 0 spiro atoms. The van der Waals surface area contributed by atoms with Crippen LogP contribution in [0.2, 0.25) is 0 Å². The maximum Gasteiger partial charge on any atom is 0.212 e. The lowest BCUT2D eigenvalue weighted by molar-refractivity contribution is 0.199. The summed E-state index contributed by atoms with van der Waals surface area (Å²) in [5.41, 5.74) is 4.37. The van der Waals surface area contributed by atoms with Gasteiger partial charge in [-0.25, -0.2) is 0 Å². The van der Waals surface area contributed by atoms with Crippen LogP contribution >= 0.6 is 0 Å². The predicted molar refractivity (Wildman–Crippen MR) is 46.6 cm³/mol. The monoisotopic (exact) mass is 173 g/mol. The Kier molecular flexibility index (Phi) is 1.85. The summed E-state index contributed by atoms with van der Waals surface area (Å²) in [4.78, 5) is 0. The molecule has 0 fully saturated rings. The highest BCUT2D eigenvalue weighted by molar-refractivity contribution is 5.48. The van der Waals surface area contributed by atoms with Crippen LogP contribution in [0.3, 0.4) is 0 Å². The van der Waals surface area contributed by atoms with Gasteiger partial charge in [0.05, 0.1) is 11.6 Å². The van der Waals surface area contributed by atoms with Crippen molar-refractivity contribution in [1.82, 2.24) is 5.43 Å². The van der Waals surface area contributed by atoms with Crippen LogP contribution in [0.5, 0.6) is 0 Å². The van der Waals surface area contributed by atoms with E-state index in [0.717, 1.165) is 5.56 Å². The molecule has 4 heteroatoms. The van der Waals surface area contributed by atoms with Crippen molar-refractivity contribution < 1.29 is 4.74 Å². The Morgan fingerprint density at radius 3 is 2.69 bits per heavy atom. The fourth-order valence-electron chi connectivity index (χ4n) is 1.11. The number of hydrazone groups is 1. The Hall–Kier alpha value is -2.02. The molecule has 0 amide bonds. The quantitative estimate of drug-likeness (QED) is 0.692. The summed E-state index contributed by atoms with van der Waals surface area (Å²) in [6, 6.07) is 9.23. The zero-order chi connectivity index (χ0) is 9.10. The van der Waals surface area contributed by atoms with Gasteiger partial charge in [0, 0.05) is 5.56 Å². The highest BCUT2D eigenvalue weighted by Crippen LogP contribution is 2.16. The van der Waals surface area contributed by atoms with Crippen molar-refractivity contribution in [3.63, 3.8) is 0 Å². The maximum absolute atomic E-state index is 8.57. The summed E-state index contributed by atoms with van der Waals surface area (Å²) in [5, 5.41) is 12.3. The Bertz CT molecular complexity index is 355. The lowest BCUT2D eigenvalue weighted by atomic mass is 10.1. The van der Waals surface area contributed by atoms with Gasteiger partial charge in [-0.2, -0.15) is 5.26 Å². The molecule has 1 aromatic carbocycles. The molecule has 4 nitrogen and oxygen atoms in total. The van der Waals surface area contributed by atoms with E-state index in [-0.39, 0.29) is 6.23 Å². The van der Waals surface area contributed by atoms with Gasteiger partial charge in [-0.15, -0.1) is 5.10 Å². The van der Waals surface area contributed by atoms with E-state index in [9.17, 15) is 0 Å². The number of benzene rings is 1. The Morgan fingerprint density at radius 1 is 1.38 bits per heavy atom. The molecule has 2 rings (SSSR count). The second kappa shape index (κ2) is 3.15. The van der Waals surface area contributed by atoms with E-state index in [4.69, 9.17) is 10.00 Å². The van der Waals surface area contributed by atoms with Crippen molar-refractivity contribution in [3.8, 4) is 6.07 Å². The third-order valence-corrected chi connectivity index (χ3v) is 1.78. The van der Waals surface area contributed by atoms with E-state index in [1.165, 1.54) is 6.40 Å². The van der Waals surface area contributed by atoms with Crippen LogP contribution in [0.4, 0.5) is 0 Å². The van der Waals surface area contributed by atoms with Crippen LogP contribution in [-0.4, -0.2) is 6.40 Å². The van der Waals surface area contributed by atoms with Gasteiger partial charge in [-0.3, -0.25) is 5.43 Å². The molecule has 1 aromatic rings. The molecule has 1 heterocycles. The number of rotatable bonds is 1. The highest BCUT2D eigenvalue weighted by atomic mass is 16.5. The number of nitrogens with one attached hydrogen (secondary N) is 1. The number of hydrogen-bond donors (Lipinski definition) is 1. The second-order valence-corrected chi connectivity index (χ2v) is 2.61. The molecule has 0 saturated carbocycles. The van der Waals surface area contributed by atoms with Gasteiger partial charge in [0.25, 0.3) is 0 Å². The SMILES string of the molecule is N#Cc1ccc(C2NN=CO2)cc1. The summed E-state index contributed by atoms with van der Waals surface area (Å²) >= 11 is 0. The minimum absolute atomic E-state index is 0.215. The fraction of sp³-hybridized carbons (Fsp3) is 0.111. The zero-order valence-electron chi connectivity index (χ0n) is 6.77. The summed E-state index contributed by atoms with van der Waals surface area (Å²) in [7, 11) is 0. The molecule has 1 N–H and O–H groups in total. The second-order valence-electron chi connectivity index (χ2n) is 2.61. The summed E-state index contributed by atoms with van der Waals surface area (Å²) in [6.45, 7) is 0. The van der Waals surface area contributed by atoms with Crippen LogP contribution in [0, 0.1) is 11.3 Å². The van der Waals surface area contributed by atoms with Crippen molar-refractivity contribution >= 4 is 6.40 Å². The summed E-state index contributed by atoms with van der Waals surface area (Å²) in [6.07, 6.45) is 1.15. The lowest BCUT2D eigenvalue weighted by Gasteiger charge is -2.08. The smallest absolute Gasteiger partial charge is 0.212 e. The normalized spacial score (nSPS) is 18.8. The summed E-state index contributed by atoms with van der Waals surface area (Å²) in [5.74, 6) is 0. The fourth-order valence-corrected chi connectivity index (χ4v) is 1.11. The topological polar surface area (TPSA) is 57.4 Å². The first-order valence-corrected chi connectivity index (χ1v) is 3.83. The molecule has 1 atom stereocenters. The van der Waals surface area contributed by atoms with Gasteiger partial charge in [0.1, 0.15) is 0 Å². The molecular weight excluding hydrogens is 166 g/mol. The summed E-state index contributed by atoms with van der Waals surface area (Å²) < 4.78 is 5.13. The Labute approximate surface area is 75.4 Å². The molecule has 64 valence electrons. The van der Waals surface area contributed by atoms with E-state index in [1.807, 2.05) is 12.1 Å².